The molecule has 2 heterocycles. The highest BCUT2D eigenvalue weighted by Crippen LogP contribution is 2.36. The van der Waals surface area contributed by atoms with Crippen LogP contribution in [0.3, 0.4) is 0 Å². The largest absolute Gasteiger partial charge is 0.496 e. The number of ether oxygens (including phenoxy) is 2. The predicted molar refractivity (Wildman–Crippen MR) is 165 cm³/mol. The van der Waals surface area contributed by atoms with Crippen LogP contribution in [0.1, 0.15) is 11.1 Å². The lowest BCUT2D eigenvalue weighted by atomic mass is 10.2. The molecular weight excluding hydrogens is 595 g/mol. The van der Waals surface area contributed by atoms with Crippen molar-refractivity contribution in [1.29, 1.82) is 0 Å². The Morgan fingerprint density at radius 3 is 2.60 bits per heavy atom. The molecule has 4 aromatic carbocycles. The molecule has 0 bridgehead atoms. The normalized spacial score (nSPS) is 11.4. The number of nitro groups is 1. The highest BCUT2D eigenvalue weighted by molar-refractivity contribution is 6.31. The summed E-state index contributed by atoms with van der Waals surface area (Å²) in [5, 5.41) is 17.9. The number of halogens is 2. The number of hydrogen-bond donors (Lipinski definition) is 0. The summed E-state index contributed by atoms with van der Waals surface area (Å²) >= 11 is 12.5. The van der Waals surface area contributed by atoms with Crippen molar-refractivity contribution >= 4 is 57.0 Å². The summed E-state index contributed by atoms with van der Waals surface area (Å²) < 4.78 is 18.5. The summed E-state index contributed by atoms with van der Waals surface area (Å²) in [6.45, 7) is -0.0630. The first kappa shape index (κ1) is 28.0. The average Bonchev–Trinajstić information content (AvgIpc) is 3.45. The van der Waals surface area contributed by atoms with E-state index in [1.165, 1.54) is 18.3 Å². The first-order valence-electron chi connectivity index (χ1n) is 12.8. The first-order valence-corrected chi connectivity index (χ1v) is 13.6. The fraction of sp³-hybridized carbons (Fsp3) is 0.0645. The Bertz CT molecular complexity index is 2120. The maximum atomic E-state index is 13.7. The standard InChI is InChI=1S/C31H20Cl2N4O6/c1-41-26-11-6-12-27-22(26)15-28(43-27)30-35-24-10-5-3-8-21(24)31(38)36(30)34-16-19-13-20(32)14-25(37(39)40)29(19)42-17-18-7-2-4-9-23(18)33/h2-16H,17H2,1H3. The zero-order chi connectivity index (χ0) is 30.1. The monoisotopic (exact) mass is 614 g/mol. The van der Waals surface area contributed by atoms with Crippen molar-refractivity contribution in [2.24, 2.45) is 5.10 Å². The maximum Gasteiger partial charge on any atom is 0.313 e. The van der Waals surface area contributed by atoms with Crippen LogP contribution in [0.15, 0.2) is 99.2 Å². The van der Waals surface area contributed by atoms with Gasteiger partial charge in [0.15, 0.2) is 5.76 Å². The third-order valence-corrected chi connectivity index (χ3v) is 7.20. The topological polar surface area (TPSA) is 122 Å². The Labute approximate surface area is 253 Å². The van der Waals surface area contributed by atoms with Gasteiger partial charge in [-0.15, -0.1) is 0 Å². The van der Waals surface area contributed by atoms with E-state index < -0.39 is 10.5 Å². The minimum atomic E-state index is -0.609. The maximum absolute atomic E-state index is 13.7. The molecule has 0 spiro atoms. The van der Waals surface area contributed by atoms with Crippen LogP contribution < -0.4 is 15.0 Å². The number of hydrogen-bond acceptors (Lipinski definition) is 8. The summed E-state index contributed by atoms with van der Waals surface area (Å²) in [5.41, 5.74) is 0.864. The average molecular weight is 615 g/mol. The molecule has 0 aliphatic carbocycles. The molecule has 0 aliphatic rings. The molecule has 12 heteroatoms. The van der Waals surface area contributed by atoms with Gasteiger partial charge in [0.05, 0.1) is 34.5 Å². The van der Waals surface area contributed by atoms with Gasteiger partial charge < -0.3 is 13.9 Å². The van der Waals surface area contributed by atoms with E-state index in [1.54, 1.807) is 79.9 Å². The minimum Gasteiger partial charge on any atom is -0.496 e. The van der Waals surface area contributed by atoms with E-state index in [0.29, 0.717) is 38.2 Å². The molecule has 0 saturated carbocycles. The summed E-state index contributed by atoms with van der Waals surface area (Å²) in [7, 11) is 1.55. The van der Waals surface area contributed by atoms with Gasteiger partial charge in [-0.2, -0.15) is 9.78 Å². The van der Waals surface area contributed by atoms with Gasteiger partial charge in [-0.1, -0.05) is 59.6 Å². The molecule has 0 fully saturated rings. The van der Waals surface area contributed by atoms with Gasteiger partial charge in [0.2, 0.25) is 11.6 Å². The van der Waals surface area contributed by atoms with Crippen molar-refractivity contribution in [3.63, 3.8) is 0 Å². The molecule has 0 aliphatic heterocycles. The zero-order valence-corrected chi connectivity index (χ0v) is 23.9. The Hall–Kier alpha value is -5.19. The lowest BCUT2D eigenvalue weighted by Gasteiger charge is -2.12. The van der Waals surface area contributed by atoms with Crippen LogP contribution in [-0.2, 0) is 6.61 Å². The number of furan rings is 1. The number of para-hydroxylation sites is 1. The van der Waals surface area contributed by atoms with E-state index in [-0.39, 0.29) is 40.2 Å². The van der Waals surface area contributed by atoms with Crippen molar-refractivity contribution in [2.45, 2.75) is 6.61 Å². The van der Waals surface area contributed by atoms with E-state index in [2.05, 4.69) is 10.1 Å². The molecule has 0 N–H and O–H groups in total. The minimum absolute atomic E-state index is 0.0630. The Kier molecular flexibility index (Phi) is 7.54. The van der Waals surface area contributed by atoms with Gasteiger partial charge in [-0.05, 0) is 42.5 Å². The van der Waals surface area contributed by atoms with E-state index in [9.17, 15) is 14.9 Å². The molecule has 0 atom stereocenters. The lowest BCUT2D eigenvalue weighted by Crippen LogP contribution is -2.20. The van der Waals surface area contributed by atoms with Crippen LogP contribution in [0, 0.1) is 10.1 Å². The molecule has 0 radical (unpaired) electrons. The van der Waals surface area contributed by atoms with Crippen LogP contribution in [-0.4, -0.2) is 27.9 Å². The fourth-order valence-corrected chi connectivity index (χ4v) is 5.00. The third kappa shape index (κ3) is 5.41. The van der Waals surface area contributed by atoms with Gasteiger partial charge in [-0.3, -0.25) is 14.9 Å². The van der Waals surface area contributed by atoms with Crippen LogP contribution in [0.4, 0.5) is 5.69 Å². The van der Waals surface area contributed by atoms with Crippen LogP contribution in [0.2, 0.25) is 10.0 Å². The number of nitrogens with zero attached hydrogens (tertiary/aromatic N) is 4. The van der Waals surface area contributed by atoms with Crippen molar-refractivity contribution < 1.29 is 18.8 Å². The number of fused-ring (bicyclic) bond motifs is 2. The second-order valence-corrected chi connectivity index (χ2v) is 10.1. The van der Waals surface area contributed by atoms with Crippen molar-refractivity contribution in [2.75, 3.05) is 7.11 Å². The van der Waals surface area contributed by atoms with Gasteiger partial charge in [0, 0.05) is 27.2 Å². The fourth-order valence-electron chi connectivity index (χ4n) is 4.59. The number of nitro benzene ring substituents is 1. The number of aromatic nitrogens is 2. The molecule has 6 rings (SSSR count). The number of rotatable bonds is 8. The van der Waals surface area contributed by atoms with E-state index in [0.717, 1.165) is 4.68 Å². The Morgan fingerprint density at radius 2 is 1.81 bits per heavy atom. The second-order valence-electron chi connectivity index (χ2n) is 9.28. The summed E-state index contributed by atoms with van der Waals surface area (Å²) in [5.74, 6) is 0.840. The summed E-state index contributed by atoms with van der Waals surface area (Å²) in [6.07, 6.45) is 1.26. The molecule has 6 aromatic rings. The van der Waals surface area contributed by atoms with Crippen LogP contribution >= 0.6 is 23.2 Å². The summed E-state index contributed by atoms with van der Waals surface area (Å²) in [6, 6.07) is 23.5. The van der Waals surface area contributed by atoms with Crippen molar-refractivity contribution in [3.8, 4) is 23.1 Å². The molecule has 2 aromatic heterocycles. The first-order chi connectivity index (χ1) is 20.8. The van der Waals surface area contributed by atoms with E-state index in [1.807, 2.05) is 0 Å². The Morgan fingerprint density at radius 1 is 1.02 bits per heavy atom. The molecule has 0 saturated heterocycles. The Balaban J connectivity index is 1.51. The van der Waals surface area contributed by atoms with Crippen LogP contribution in [0.5, 0.6) is 11.5 Å². The number of benzene rings is 4. The lowest BCUT2D eigenvalue weighted by molar-refractivity contribution is -0.385. The predicted octanol–water partition coefficient (Wildman–Crippen LogP) is 7.49. The third-order valence-electron chi connectivity index (χ3n) is 6.62. The SMILES string of the molecule is COc1cccc2oc(-c3nc4ccccc4c(=O)n3N=Cc3cc(Cl)cc([N+](=O)[O-])c3OCc3ccccc3Cl)cc12. The molecule has 43 heavy (non-hydrogen) atoms. The van der Waals surface area contributed by atoms with Gasteiger partial charge in [0.1, 0.15) is 17.9 Å². The van der Waals surface area contributed by atoms with Gasteiger partial charge in [0.25, 0.3) is 5.56 Å². The second kappa shape index (κ2) is 11.6. The van der Waals surface area contributed by atoms with Crippen molar-refractivity contribution in [1.82, 2.24) is 9.66 Å². The number of methoxy groups -OCH3 is 1. The molecule has 0 unspecified atom stereocenters. The molecule has 214 valence electrons. The highest BCUT2D eigenvalue weighted by atomic mass is 35.5. The van der Waals surface area contributed by atoms with Gasteiger partial charge >= 0.3 is 5.69 Å². The molecular formula is C31H20Cl2N4O6. The highest BCUT2D eigenvalue weighted by Gasteiger charge is 2.22. The zero-order valence-electron chi connectivity index (χ0n) is 22.4. The van der Waals surface area contributed by atoms with E-state index in [4.69, 9.17) is 37.1 Å². The van der Waals surface area contributed by atoms with Crippen molar-refractivity contribution in [3.05, 3.63) is 127 Å². The summed E-state index contributed by atoms with van der Waals surface area (Å²) in [4.78, 5) is 29.8. The smallest absolute Gasteiger partial charge is 0.313 e. The van der Waals surface area contributed by atoms with E-state index >= 15 is 0 Å². The van der Waals surface area contributed by atoms with Gasteiger partial charge in [-0.25, -0.2) is 4.98 Å². The molecule has 10 nitrogen and oxygen atoms in total. The quantitative estimate of drug-likeness (QED) is 0.0988. The van der Waals surface area contributed by atoms with Crippen LogP contribution in [0.25, 0.3) is 33.5 Å². The molecule has 0 amide bonds.